The average Bonchev–Trinajstić information content (AvgIpc) is 2.85. The van der Waals surface area contributed by atoms with Crippen LogP contribution in [0.5, 0.6) is 0 Å². The van der Waals surface area contributed by atoms with Crippen LogP contribution >= 0.6 is 0 Å². The quantitative estimate of drug-likeness (QED) is 0.353. The van der Waals surface area contributed by atoms with Crippen LogP contribution in [0.3, 0.4) is 0 Å². The van der Waals surface area contributed by atoms with E-state index in [4.69, 9.17) is 6.42 Å². The van der Waals surface area contributed by atoms with Crippen molar-refractivity contribution in [2.75, 3.05) is 58.9 Å². The van der Waals surface area contributed by atoms with Crippen LogP contribution in [0.15, 0.2) is 47.2 Å². The number of aryl methyl sites for hydroxylation is 1. The minimum atomic E-state index is 0.662. The lowest BCUT2D eigenvalue weighted by atomic mass is 10.0. The van der Waals surface area contributed by atoms with E-state index in [-0.39, 0.29) is 0 Å². The summed E-state index contributed by atoms with van der Waals surface area (Å²) in [6.07, 6.45) is 5.42. The Morgan fingerprint density at radius 1 is 0.971 bits per heavy atom. The molecule has 2 heterocycles. The molecule has 1 aromatic carbocycles. The number of benzene rings is 1. The summed E-state index contributed by atoms with van der Waals surface area (Å²) in [7, 11) is 0. The summed E-state index contributed by atoms with van der Waals surface area (Å²) < 4.78 is 0. The van der Waals surface area contributed by atoms with Gasteiger partial charge in [-0.1, -0.05) is 31.2 Å². The van der Waals surface area contributed by atoms with Crippen molar-refractivity contribution in [1.82, 2.24) is 19.6 Å². The van der Waals surface area contributed by atoms with Crippen LogP contribution in [0.4, 0.5) is 0 Å². The smallest absolute Gasteiger partial charge is 0.122 e. The maximum atomic E-state index is 5.42. The molecule has 1 aromatic rings. The molecule has 0 spiro atoms. The highest BCUT2D eigenvalue weighted by atomic mass is 15.3. The standard InChI is InChI=1S/C28H40N6/c1-8-23(4)30-26(7)34-18-16-32(17-19-34)24(5)28-20-27(11-10-22(28)3)21-31-12-14-33(15-13-31)25(6)29-9-2/h1,10-11,20H,5,7,9,12-19,21H2,2-4,6H3. The van der Waals surface area contributed by atoms with Gasteiger partial charge >= 0.3 is 0 Å². The van der Waals surface area contributed by atoms with E-state index in [1.807, 2.05) is 6.92 Å². The molecule has 3 rings (SSSR count). The number of rotatable bonds is 7. The highest BCUT2D eigenvalue weighted by Crippen LogP contribution is 2.25. The summed E-state index contributed by atoms with van der Waals surface area (Å²) in [5.74, 6) is 4.47. The summed E-state index contributed by atoms with van der Waals surface area (Å²) in [6, 6.07) is 6.83. The van der Waals surface area contributed by atoms with Crippen molar-refractivity contribution >= 4 is 17.2 Å². The van der Waals surface area contributed by atoms with Crippen LogP contribution < -0.4 is 0 Å². The Bertz CT molecular complexity index is 983. The van der Waals surface area contributed by atoms with Gasteiger partial charge in [0.15, 0.2) is 0 Å². The monoisotopic (exact) mass is 460 g/mol. The third kappa shape index (κ3) is 6.51. The number of hydrogen-bond acceptors (Lipinski definition) is 5. The van der Waals surface area contributed by atoms with Gasteiger partial charge in [0, 0.05) is 76.7 Å². The van der Waals surface area contributed by atoms with Gasteiger partial charge in [-0.15, -0.1) is 6.42 Å². The van der Waals surface area contributed by atoms with Crippen LogP contribution in [-0.2, 0) is 6.54 Å². The minimum Gasteiger partial charge on any atom is -0.368 e. The molecular formula is C28H40N6. The Hall–Kier alpha value is -3.04. The van der Waals surface area contributed by atoms with Crippen LogP contribution in [0.1, 0.15) is 37.5 Å². The van der Waals surface area contributed by atoms with Crippen molar-refractivity contribution in [3.05, 3.63) is 53.9 Å². The van der Waals surface area contributed by atoms with Gasteiger partial charge in [0.25, 0.3) is 0 Å². The van der Waals surface area contributed by atoms with Crippen molar-refractivity contribution in [2.45, 2.75) is 34.2 Å². The van der Waals surface area contributed by atoms with Crippen molar-refractivity contribution in [3.63, 3.8) is 0 Å². The Kier molecular flexibility index (Phi) is 8.95. The van der Waals surface area contributed by atoms with Crippen molar-refractivity contribution in [3.8, 4) is 12.3 Å². The molecule has 2 aliphatic rings. The van der Waals surface area contributed by atoms with Crippen LogP contribution in [-0.4, -0.2) is 90.0 Å². The number of piperazine rings is 2. The maximum absolute atomic E-state index is 5.42. The fraction of sp³-hybridized carbons (Fsp3) is 0.500. The zero-order valence-corrected chi connectivity index (χ0v) is 21.5. The lowest BCUT2D eigenvalue weighted by molar-refractivity contribution is 0.174. The van der Waals surface area contributed by atoms with E-state index in [1.54, 1.807) is 0 Å². The number of amidine groups is 1. The lowest BCUT2D eigenvalue weighted by Gasteiger charge is -2.38. The number of aliphatic imine (C=N–C) groups is 2. The topological polar surface area (TPSA) is 37.7 Å². The Morgan fingerprint density at radius 3 is 2.21 bits per heavy atom. The molecule has 0 radical (unpaired) electrons. The first-order valence-electron chi connectivity index (χ1n) is 12.3. The Morgan fingerprint density at radius 2 is 1.59 bits per heavy atom. The Labute approximate surface area is 206 Å². The molecule has 0 atom stereocenters. The summed E-state index contributed by atoms with van der Waals surface area (Å²) >= 11 is 0. The van der Waals surface area contributed by atoms with E-state index in [2.05, 4.69) is 87.6 Å². The van der Waals surface area contributed by atoms with E-state index in [9.17, 15) is 0 Å². The van der Waals surface area contributed by atoms with Crippen LogP contribution in [0.2, 0.25) is 0 Å². The first-order chi connectivity index (χ1) is 16.3. The second kappa shape index (κ2) is 11.9. The van der Waals surface area contributed by atoms with E-state index >= 15 is 0 Å². The molecule has 0 bridgehead atoms. The molecular weight excluding hydrogens is 420 g/mol. The van der Waals surface area contributed by atoms with Crippen molar-refractivity contribution in [1.29, 1.82) is 0 Å². The lowest BCUT2D eigenvalue weighted by Crippen LogP contribution is -2.47. The highest BCUT2D eigenvalue weighted by Gasteiger charge is 2.21. The minimum absolute atomic E-state index is 0.662. The molecule has 0 unspecified atom stereocenters. The fourth-order valence-corrected chi connectivity index (χ4v) is 4.60. The molecule has 2 fully saturated rings. The summed E-state index contributed by atoms with van der Waals surface area (Å²) in [6.45, 7) is 26.3. The first kappa shape index (κ1) is 25.6. The van der Waals surface area contributed by atoms with E-state index in [0.717, 1.165) is 82.8 Å². The van der Waals surface area contributed by atoms with Gasteiger partial charge in [-0.05, 0) is 44.9 Å². The third-order valence-electron chi connectivity index (χ3n) is 6.77. The largest absolute Gasteiger partial charge is 0.368 e. The second-order valence-electron chi connectivity index (χ2n) is 9.11. The molecule has 182 valence electrons. The molecule has 34 heavy (non-hydrogen) atoms. The predicted octanol–water partition coefficient (Wildman–Crippen LogP) is 3.70. The predicted molar refractivity (Wildman–Crippen MR) is 145 cm³/mol. The molecule has 0 amide bonds. The van der Waals surface area contributed by atoms with E-state index in [1.165, 1.54) is 16.7 Å². The zero-order valence-electron chi connectivity index (χ0n) is 21.5. The Balaban J connectivity index is 1.58. The van der Waals surface area contributed by atoms with E-state index in [0.29, 0.717) is 5.71 Å². The second-order valence-corrected chi connectivity index (χ2v) is 9.11. The fourth-order valence-electron chi connectivity index (χ4n) is 4.60. The van der Waals surface area contributed by atoms with Crippen molar-refractivity contribution in [2.24, 2.45) is 9.98 Å². The normalized spacial score (nSPS) is 18.1. The molecule has 2 aliphatic heterocycles. The molecule has 0 aromatic heterocycles. The number of terminal acetylenes is 1. The number of nitrogens with zero attached hydrogens (tertiary/aromatic N) is 6. The third-order valence-corrected chi connectivity index (χ3v) is 6.77. The molecule has 0 saturated carbocycles. The van der Waals surface area contributed by atoms with Gasteiger partial charge in [-0.25, -0.2) is 4.99 Å². The summed E-state index contributed by atoms with van der Waals surface area (Å²) in [5, 5.41) is 0. The maximum Gasteiger partial charge on any atom is 0.122 e. The summed E-state index contributed by atoms with van der Waals surface area (Å²) in [4.78, 5) is 18.5. The highest BCUT2D eigenvalue weighted by molar-refractivity contribution is 5.98. The molecule has 6 nitrogen and oxygen atoms in total. The molecule has 2 saturated heterocycles. The molecule has 6 heteroatoms. The van der Waals surface area contributed by atoms with Gasteiger partial charge in [-0.2, -0.15) is 0 Å². The van der Waals surface area contributed by atoms with E-state index < -0.39 is 0 Å². The van der Waals surface area contributed by atoms with Gasteiger partial charge in [-0.3, -0.25) is 9.89 Å². The van der Waals surface area contributed by atoms with Gasteiger partial charge in [0.05, 0.1) is 11.5 Å². The van der Waals surface area contributed by atoms with Gasteiger partial charge in [0.2, 0.25) is 0 Å². The van der Waals surface area contributed by atoms with Gasteiger partial charge < -0.3 is 14.7 Å². The molecule has 0 aliphatic carbocycles. The summed E-state index contributed by atoms with van der Waals surface area (Å²) in [5.41, 5.74) is 5.63. The first-order valence-corrected chi connectivity index (χ1v) is 12.3. The SMILES string of the molecule is C#CC(C)=NC(=C)N1CCN(C(=C)c2cc(CN3CCN(C(C)=NCC)CC3)ccc2C)CC1. The van der Waals surface area contributed by atoms with Gasteiger partial charge in [0.1, 0.15) is 5.82 Å². The van der Waals surface area contributed by atoms with Crippen LogP contribution in [0, 0.1) is 19.3 Å². The van der Waals surface area contributed by atoms with Crippen molar-refractivity contribution < 1.29 is 0 Å². The zero-order chi connectivity index (χ0) is 24.7. The van der Waals surface area contributed by atoms with Crippen LogP contribution in [0.25, 0.3) is 5.70 Å². The molecule has 0 N–H and O–H groups in total. The average molecular weight is 461 g/mol. The number of hydrogen-bond donors (Lipinski definition) is 0.